The molecule has 2 fully saturated rings. The van der Waals surface area contributed by atoms with Gasteiger partial charge in [0.15, 0.2) is 11.4 Å². The number of alkyl halides is 11. The molecule has 2 saturated carbocycles. The summed E-state index contributed by atoms with van der Waals surface area (Å²) in [6, 6.07) is 7.34. The van der Waals surface area contributed by atoms with Gasteiger partial charge in [-0.2, -0.15) is 38.8 Å². The van der Waals surface area contributed by atoms with E-state index in [1.807, 2.05) is 40.2 Å². The molecule has 0 bridgehead atoms. The van der Waals surface area contributed by atoms with Gasteiger partial charge in [-0.05, 0) is 118 Å². The first-order valence-electron chi connectivity index (χ1n) is 26.2. The van der Waals surface area contributed by atoms with E-state index in [1.165, 1.54) is 29.7 Å². The maximum Gasteiger partial charge on any atom is 0.411 e. The van der Waals surface area contributed by atoms with Gasteiger partial charge in [-0.15, -0.1) is 0 Å². The second kappa shape index (κ2) is 27.8. The Balaban J connectivity index is 0.000000297. The molecule has 0 saturated heterocycles. The van der Waals surface area contributed by atoms with Crippen LogP contribution in [0.1, 0.15) is 180 Å². The average molecular weight is 1190 g/mol. The highest BCUT2D eigenvalue weighted by Gasteiger charge is 2.67. The van der Waals surface area contributed by atoms with E-state index in [2.05, 4.69) is 14.8 Å². The van der Waals surface area contributed by atoms with Gasteiger partial charge in [0.1, 0.15) is 35.5 Å². The van der Waals surface area contributed by atoms with Gasteiger partial charge in [0, 0.05) is 71.4 Å². The summed E-state index contributed by atoms with van der Waals surface area (Å²) in [7, 11) is 0. The highest BCUT2D eigenvalue weighted by atomic mass is 35.5. The van der Waals surface area contributed by atoms with Crippen LogP contribution in [0.3, 0.4) is 0 Å². The van der Waals surface area contributed by atoms with Gasteiger partial charge >= 0.3 is 6.18 Å². The number of carbonyl (C=O) groups excluding carboxylic acids is 1. The molecule has 2 aromatic carbocycles. The molecule has 3 atom stereocenters. The predicted octanol–water partition coefficient (Wildman–Crippen LogP) is 16.8. The Morgan fingerprint density at radius 3 is 2.10 bits per heavy atom. The number of unbranched alkanes of at least 4 members (excludes halogenated alkanes) is 2. The van der Waals surface area contributed by atoms with E-state index in [9.17, 15) is 66.7 Å². The minimum absolute atomic E-state index is 0.0266. The molecule has 5 aromatic rings. The van der Waals surface area contributed by atoms with E-state index < -0.39 is 119 Å². The number of thioether (sulfide) groups is 1. The lowest BCUT2D eigenvalue weighted by Gasteiger charge is -2.29. The standard InChI is InChI=1S/C36H37ClF6N4O.C11H10F4N2O.C7H13F3O.C2H6S/c1-5-6-27(44)30-19(4)29(8-7-26(30)37)47-34(24(18(2)3)15-20-13-22(38)16-23(39)14-20)46-33-31(35(47)48)25(32(40)41)17-28(45-33)21-9-11-36(42,43)12-10-21;1-4(18)3-17-9-7(8(16-17)10(12)13)5-2-6(5)11(9,14)15;1-2-3-4-5-11-6-7(8,9)10;1-3-2/h7-8,13-14,16-18,21,24,32,44H,5-6,9-12,15H2,1-4H3;5-6,10H,2-3H2,1H3;2-6H2,1H3;1-2H3. The summed E-state index contributed by atoms with van der Waals surface area (Å²) >= 11 is 8.30. The van der Waals surface area contributed by atoms with Crippen molar-refractivity contribution in [2.45, 2.75) is 167 Å². The highest BCUT2D eigenvalue weighted by molar-refractivity contribution is 7.97. The van der Waals surface area contributed by atoms with Crippen LogP contribution in [0.25, 0.3) is 16.7 Å². The van der Waals surface area contributed by atoms with Gasteiger partial charge < -0.3 is 10.1 Å². The minimum atomic E-state index is -4.17. The number of hydrogen-bond donors (Lipinski definition) is 1. The smallest absolute Gasteiger partial charge is 0.372 e. The molecule has 3 unspecified atom stereocenters. The normalized spacial score (nSPS) is 17.5. The molecule has 1 N–H and O–H groups in total. The van der Waals surface area contributed by atoms with Crippen LogP contribution in [0.4, 0.5) is 57.1 Å². The molecule has 8 rings (SSSR count). The molecule has 3 heterocycles. The summed E-state index contributed by atoms with van der Waals surface area (Å²) in [4.78, 5) is 35.0. The number of ether oxygens (including phenoxy) is 1. The average Bonchev–Trinajstić information content (AvgIpc) is 4.01. The van der Waals surface area contributed by atoms with E-state index in [-0.39, 0.29) is 83.9 Å². The monoisotopic (exact) mass is 1180 g/mol. The zero-order valence-electron chi connectivity index (χ0n) is 45.6. The SMILES string of the molecule is CC(=O)Cn1nc(C(F)F)c2c1C(F)(F)C1CC21.CCCC(=N)c1c(Cl)ccc(-n2c(C(Cc3cc(F)cc(F)c3)C(C)C)nc3nc(C4CCC(F)(F)CC4)cc(C(F)F)c3c2=O)c1C.CCCCCOCC(F)(F)F.CSC. The number of benzene rings is 2. The molecule has 3 aliphatic rings. The van der Waals surface area contributed by atoms with E-state index >= 15 is 0 Å². The fourth-order valence-corrected chi connectivity index (χ4v) is 10.5. The molecule has 3 aromatic heterocycles. The molecule has 9 nitrogen and oxygen atoms in total. The van der Waals surface area contributed by atoms with Crippen molar-refractivity contribution in [3.63, 3.8) is 0 Å². The number of rotatable bonds is 18. The molecule has 442 valence electrons. The van der Waals surface area contributed by atoms with Crippen molar-refractivity contribution in [2.75, 3.05) is 25.7 Å². The topological polar surface area (TPSA) is 116 Å². The van der Waals surface area contributed by atoms with Crippen LogP contribution in [0.5, 0.6) is 0 Å². The lowest BCUT2D eigenvalue weighted by Crippen LogP contribution is -2.30. The summed E-state index contributed by atoms with van der Waals surface area (Å²) in [5.74, 6) is -10.7. The Morgan fingerprint density at radius 1 is 0.938 bits per heavy atom. The maximum absolute atomic E-state index is 14.8. The number of Topliss-reactive ketones (excluding diaryl/α,β-unsaturated/α-hetero) is 1. The lowest BCUT2D eigenvalue weighted by molar-refractivity contribution is -0.174. The number of nitrogens with one attached hydrogen (secondary N) is 1. The third-order valence-corrected chi connectivity index (χ3v) is 14.2. The highest BCUT2D eigenvalue weighted by Crippen LogP contribution is 2.68. The Bertz CT molecular complexity index is 2990. The Labute approximate surface area is 465 Å². The van der Waals surface area contributed by atoms with E-state index in [0.717, 1.165) is 29.7 Å². The predicted molar refractivity (Wildman–Crippen MR) is 284 cm³/mol. The molecular weight excluding hydrogens is 1120 g/mol. The van der Waals surface area contributed by atoms with Crippen molar-refractivity contribution in [2.24, 2.45) is 11.8 Å². The van der Waals surface area contributed by atoms with E-state index in [0.29, 0.717) is 36.0 Å². The molecule has 0 spiro atoms. The van der Waals surface area contributed by atoms with Crippen molar-refractivity contribution < 1.29 is 66.6 Å². The summed E-state index contributed by atoms with van der Waals surface area (Å²) in [6.07, 6.45) is -2.87. The summed E-state index contributed by atoms with van der Waals surface area (Å²) < 4.78 is 180. The van der Waals surface area contributed by atoms with Crippen molar-refractivity contribution in [3.05, 3.63) is 114 Å². The van der Waals surface area contributed by atoms with Gasteiger partial charge in [-0.3, -0.25) is 18.8 Å². The number of ketones is 1. The van der Waals surface area contributed by atoms with Gasteiger partial charge in [-0.25, -0.2) is 45.1 Å². The zero-order chi connectivity index (χ0) is 59.8. The number of aromatic nitrogens is 5. The zero-order valence-corrected chi connectivity index (χ0v) is 47.1. The molecule has 3 aliphatic carbocycles. The van der Waals surface area contributed by atoms with Crippen LogP contribution in [0, 0.1) is 35.8 Å². The van der Waals surface area contributed by atoms with Crippen LogP contribution in [0.2, 0.25) is 5.02 Å². The quantitative estimate of drug-likeness (QED) is 0.0528. The Hall–Kier alpha value is -5.03. The Kier molecular flexibility index (Phi) is 22.9. The number of hydrogen-bond acceptors (Lipinski definition) is 8. The second-order valence-electron chi connectivity index (χ2n) is 20.7. The first-order valence-corrected chi connectivity index (χ1v) is 28.2. The number of fused-ring (bicyclic) bond motifs is 4. The van der Waals surface area contributed by atoms with Crippen LogP contribution in [-0.4, -0.2) is 73.6 Å². The summed E-state index contributed by atoms with van der Waals surface area (Å²) in [6.45, 7) is 9.19. The summed E-state index contributed by atoms with van der Waals surface area (Å²) in [5, 5.41) is 12.0. The summed E-state index contributed by atoms with van der Waals surface area (Å²) in [5.41, 5.74) is -0.978. The Morgan fingerprint density at radius 2 is 1.56 bits per heavy atom. The van der Waals surface area contributed by atoms with E-state index in [1.54, 1.807) is 24.8 Å². The van der Waals surface area contributed by atoms with E-state index in [4.69, 9.17) is 22.0 Å². The fourth-order valence-electron chi connectivity index (χ4n) is 10.1. The molecule has 0 amide bonds. The van der Waals surface area contributed by atoms with Crippen LogP contribution in [0.15, 0.2) is 41.2 Å². The molecular formula is C56H66ClF13N6O3S. The molecule has 80 heavy (non-hydrogen) atoms. The number of halogens is 14. The van der Waals surface area contributed by atoms with Gasteiger partial charge in [0.2, 0.25) is 5.92 Å². The van der Waals surface area contributed by atoms with Crippen molar-refractivity contribution in [3.8, 4) is 5.69 Å². The first-order chi connectivity index (χ1) is 37.4. The van der Waals surface area contributed by atoms with Gasteiger partial charge in [-0.1, -0.05) is 58.6 Å². The van der Waals surface area contributed by atoms with Crippen LogP contribution in [-0.2, 0) is 28.4 Å². The number of carbonyl (C=O) groups is 1. The van der Waals surface area contributed by atoms with Crippen molar-refractivity contribution >= 4 is 45.9 Å². The van der Waals surface area contributed by atoms with Crippen molar-refractivity contribution in [1.29, 1.82) is 5.41 Å². The fraction of sp³-hybridized carbons (Fsp3) is 0.571. The van der Waals surface area contributed by atoms with Gasteiger partial charge in [0.05, 0.1) is 22.6 Å². The first kappa shape index (κ1) is 65.8. The third kappa shape index (κ3) is 16.2. The largest absolute Gasteiger partial charge is 0.411 e. The number of nitrogens with zero attached hydrogens (tertiary/aromatic N) is 5. The lowest BCUT2D eigenvalue weighted by atomic mass is 9.84. The maximum atomic E-state index is 14.8. The van der Waals surface area contributed by atoms with Crippen molar-refractivity contribution in [1.82, 2.24) is 24.3 Å². The second-order valence-corrected chi connectivity index (χ2v) is 21.9. The molecule has 0 radical (unpaired) electrons. The molecule has 0 aliphatic heterocycles. The van der Waals surface area contributed by atoms with Crippen LogP contribution < -0.4 is 5.56 Å². The minimum Gasteiger partial charge on any atom is -0.372 e. The third-order valence-electron chi connectivity index (χ3n) is 13.9. The number of pyridine rings is 1. The van der Waals surface area contributed by atoms with Gasteiger partial charge in [0.25, 0.3) is 24.3 Å². The molecule has 24 heteroatoms. The van der Waals surface area contributed by atoms with Crippen LogP contribution >= 0.6 is 23.4 Å².